The number of amides is 1. The number of hydrogen-bond donors (Lipinski definition) is 0. The summed E-state index contributed by atoms with van der Waals surface area (Å²) in [7, 11) is 0. The van der Waals surface area contributed by atoms with Gasteiger partial charge < -0.3 is 18.8 Å². The van der Waals surface area contributed by atoms with Crippen molar-refractivity contribution in [2.45, 2.75) is 44.8 Å². The fourth-order valence-electron chi connectivity index (χ4n) is 5.23. The molecule has 2 saturated heterocycles. The molecule has 3 aliphatic rings. The largest absolute Gasteiger partial charge is 0.380 e. The van der Waals surface area contributed by atoms with Crippen LogP contribution in [-0.2, 0) is 29.2 Å². The Morgan fingerprint density at radius 2 is 1.97 bits per heavy atom. The van der Waals surface area contributed by atoms with Crippen LogP contribution in [0.25, 0.3) is 0 Å². The van der Waals surface area contributed by atoms with Gasteiger partial charge in [-0.3, -0.25) is 14.5 Å². The van der Waals surface area contributed by atoms with E-state index in [4.69, 9.17) is 4.74 Å². The number of likely N-dealkylation sites (tertiary alicyclic amines) is 1. The normalized spacial score (nSPS) is 23.9. The zero-order chi connectivity index (χ0) is 21.2. The van der Waals surface area contributed by atoms with E-state index in [2.05, 4.69) is 21.2 Å². The molecule has 9 heteroatoms. The molecule has 2 aromatic rings. The summed E-state index contributed by atoms with van der Waals surface area (Å²) in [4.78, 5) is 30.4. The van der Waals surface area contributed by atoms with Crippen LogP contribution in [0.15, 0.2) is 29.6 Å². The third kappa shape index (κ3) is 4.43. The second-order valence-corrected chi connectivity index (χ2v) is 8.99. The molecule has 0 aliphatic carbocycles. The zero-order valence-corrected chi connectivity index (χ0v) is 17.9. The van der Waals surface area contributed by atoms with Gasteiger partial charge in [0.15, 0.2) is 0 Å². The maximum Gasteiger partial charge on any atom is 0.255 e. The minimum atomic E-state index is 0.143. The molecule has 0 saturated carbocycles. The second-order valence-electron chi connectivity index (χ2n) is 8.99. The van der Waals surface area contributed by atoms with Gasteiger partial charge in [-0.25, -0.2) is 0 Å². The standard InChI is InChI=1S/C22H30N6O3/c29-21(4-6-26-15-23-24-16-26)27-11-17-10-19(14-27)20-3-2-18(22(30)28(20)12-17)13-25-5-1-8-31-9-7-25/h2-3,15-17,19H,1,4-14H2/t17-,19+/m0/s1. The Kier molecular flexibility index (Phi) is 5.87. The minimum Gasteiger partial charge on any atom is -0.380 e. The number of nitrogens with zero attached hydrogens (tertiary/aromatic N) is 6. The highest BCUT2D eigenvalue weighted by Gasteiger charge is 2.36. The first-order chi connectivity index (χ1) is 15.2. The lowest BCUT2D eigenvalue weighted by molar-refractivity contribution is -0.134. The van der Waals surface area contributed by atoms with Crippen LogP contribution in [0.1, 0.15) is 36.4 Å². The van der Waals surface area contributed by atoms with Crippen molar-refractivity contribution in [2.24, 2.45) is 5.92 Å². The van der Waals surface area contributed by atoms with Crippen LogP contribution in [0, 0.1) is 5.92 Å². The number of piperidine rings is 1. The topological polar surface area (TPSA) is 85.5 Å². The summed E-state index contributed by atoms with van der Waals surface area (Å²) < 4.78 is 9.35. The van der Waals surface area contributed by atoms with Gasteiger partial charge in [0.25, 0.3) is 5.56 Å². The van der Waals surface area contributed by atoms with Gasteiger partial charge in [0.05, 0.1) is 6.61 Å². The molecule has 31 heavy (non-hydrogen) atoms. The highest BCUT2D eigenvalue weighted by Crippen LogP contribution is 2.35. The Balaban J connectivity index is 1.28. The fourth-order valence-corrected chi connectivity index (χ4v) is 5.23. The number of pyridine rings is 1. The Morgan fingerprint density at radius 1 is 1.10 bits per heavy atom. The highest BCUT2D eigenvalue weighted by atomic mass is 16.5. The smallest absolute Gasteiger partial charge is 0.255 e. The van der Waals surface area contributed by atoms with E-state index in [-0.39, 0.29) is 17.4 Å². The van der Waals surface area contributed by atoms with Crippen LogP contribution >= 0.6 is 0 Å². The lowest BCUT2D eigenvalue weighted by Crippen LogP contribution is -2.49. The molecule has 2 atom stereocenters. The summed E-state index contributed by atoms with van der Waals surface area (Å²) in [5.41, 5.74) is 2.10. The van der Waals surface area contributed by atoms with Crippen molar-refractivity contribution in [3.8, 4) is 0 Å². The fraction of sp³-hybridized carbons (Fsp3) is 0.636. The molecule has 2 aromatic heterocycles. The van der Waals surface area contributed by atoms with Gasteiger partial charge >= 0.3 is 0 Å². The Labute approximate surface area is 181 Å². The molecule has 5 heterocycles. The lowest BCUT2D eigenvalue weighted by atomic mass is 9.83. The molecule has 1 amide bonds. The molecule has 0 N–H and O–H groups in total. The van der Waals surface area contributed by atoms with Gasteiger partial charge in [0.2, 0.25) is 5.91 Å². The third-order valence-corrected chi connectivity index (χ3v) is 6.80. The van der Waals surface area contributed by atoms with Crippen molar-refractivity contribution in [3.63, 3.8) is 0 Å². The number of hydrogen-bond acceptors (Lipinski definition) is 6. The molecule has 0 unspecified atom stereocenters. The van der Waals surface area contributed by atoms with E-state index < -0.39 is 0 Å². The first-order valence-corrected chi connectivity index (χ1v) is 11.3. The molecule has 3 aliphatic heterocycles. The van der Waals surface area contributed by atoms with E-state index >= 15 is 0 Å². The van der Waals surface area contributed by atoms with Gasteiger partial charge in [-0.15, -0.1) is 10.2 Å². The maximum absolute atomic E-state index is 13.3. The van der Waals surface area contributed by atoms with Crippen molar-refractivity contribution in [1.29, 1.82) is 0 Å². The highest BCUT2D eigenvalue weighted by molar-refractivity contribution is 5.76. The molecular formula is C22H30N6O3. The number of carbonyl (C=O) groups is 1. The lowest BCUT2D eigenvalue weighted by Gasteiger charge is -2.43. The van der Waals surface area contributed by atoms with E-state index in [1.54, 1.807) is 12.7 Å². The molecule has 9 nitrogen and oxygen atoms in total. The first-order valence-electron chi connectivity index (χ1n) is 11.3. The number of aromatic nitrogens is 4. The quantitative estimate of drug-likeness (QED) is 0.700. The third-order valence-electron chi connectivity index (χ3n) is 6.80. The number of aryl methyl sites for hydroxylation is 1. The molecule has 0 aromatic carbocycles. The van der Waals surface area contributed by atoms with Crippen LogP contribution in [0.5, 0.6) is 0 Å². The summed E-state index contributed by atoms with van der Waals surface area (Å²) >= 11 is 0. The van der Waals surface area contributed by atoms with Crippen molar-refractivity contribution in [1.82, 2.24) is 29.1 Å². The molecule has 0 spiro atoms. The summed E-state index contributed by atoms with van der Waals surface area (Å²) in [6.45, 7) is 6.80. The summed E-state index contributed by atoms with van der Waals surface area (Å²) in [6, 6.07) is 4.13. The van der Waals surface area contributed by atoms with E-state index in [1.807, 2.05) is 20.1 Å². The van der Waals surface area contributed by atoms with Crippen LogP contribution in [0.3, 0.4) is 0 Å². The van der Waals surface area contributed by atoms with E-state index in [1.165, 1.54) is 0 Å². The van der Waals surface area contributed by atoms with E-state index in [0.717, 1.165) is 56.9 Å². The van der Waals surface area contributed by atoms with Gasteiger partial charge in [-0.1, -0.05) is 6.07 Å². The van der Waals surface area contributed by atoms with Gasteiger partial charge in [-0.2, -0.15) is 0 Å². The van der Waals surface area contributed by atoms with Crippen molar-refractivity contribution >= 4 is 5.91 Å². The number of ether oxygens (including phenoxy) is 1. The monoisotopic (exact) mass is 426 g/mol. The second kappa shape index (κ2) is 8.92. The molecule has 2 fully saturated rings. The van der Waals surface area contributed by atoms with Crippen molar-refractivity contribution < 1.29 is 9.53 Å². The molecule has 5 rings (SSSR count). The predicted molar refractivity (Wildman–Crippen MR) is 113 cm³/mol. The number of carbonyl (C=O) groups excluding carboxylic acids is 1. The number of rotatable bonds is 5. The predicted octanol–water partition coefficient (Wildman–Crippen LogP) is 0.698. The molecule has 2 bridgehead atoms. The van der Waals surface area contributed by atoms with Crippen LogP contribution in [0.2, 0.25) is 0 Å². The van der Waals surface area contributed by atoms with Gasteiger partial charge in [-0.05, 0) is 24.8 Å². The Hall–Kier alpha value is -2.52. The molecule has 166 valence electrons. The van der Waals surface area contributed by atoms with E-state index in [0.29, 0.717) is 38.5 Å². The summed E-state index contributed by atoms with van der Waals surface area (Å²) in [6.07, 6.45) is 5.78. The van der Waals surface area contributed by atoms with Gasteiger partial charge in [0, 0.05) is 76.0 Å². The summed E-state index contributed by atoms with van der Waals surface area (Å²) in [5, 5.41) is 7.57. The van der Waals surface area contributed by atoms with Gasteiger partial charge in [0.1, 0.15) is 12.7 Å². The average molecular weight is 427 g/mol. The van der Waals surface area contributed by atoms with E-state index in [9.17, 15) is 9.59 Å². The zero-order valence-electron chi connectivity index (χ0n) is 17.9. The van der Waals surface area contributed by atoms with Crippen LogP contribution < -0.4 is 5.56 Å². The summed E-state index contributed by atoms with van der Waals surface area (Å²) in [5.74, 6) is 0.739. The minimum absolute atomic E-state index is 0.143. The Bertz CT molecular complexity index is 964. The van der Waals surface area contributed by atoms with Crippen LogP contribution in [-0.4, -0.2) is 74.4 Å². The van der Waals surface area contributed by atoms with Crippen molar-refractivity contribution in [3.05, 3.63) is 46.4 Å². The average Bonchev–Trinajstić information content (AvgIpc) is 3.17. The van der Waals surface area contributed by atoms with Crippen LogP contribution in [0.4, 0.5) is 0 Å². The Morgan fingerprint density at radius 3 is 2.84 bits per heavy atom. The maximum atomic E-state index is 13.3. The number of fused-ring (bicyclic) bond motifs is 4. The van der Waals surface area contributed by atoms with Crippen molar-refractivity contribution in [2.75, 3.05) is 39.4 Å². The molecular weight excluding hydrogens is 396 g/mol. The molecule has 0 radical (unpaired) electrons. The first kappa shape index (κ1) is 20.4. The SMILES string of the molecule is O=C(CCn1cnnc1)N1C[C@@H]2C[C@H](C1)c1ccc(CN3CCCOCC3)c(=O)n1C2.